The highest BCUT2D eigenvalue weighted by atomic mass is 16.5. The number of benzene rings is 2. The Bertz CT molecular complexity index is 997. The van der Waals surface area contributed by atoms with E-state index >= 15 is 0 Å². The zero-order valence-electron chi connectivity index (χ0n) is 19.7. The van der Waals surface area contributed by atoms with E-state index in [0.29, 0.717) is 26.1 Å². The van der Waals surface area contributed by atoms with Gasteiger partial charge in [0.05, 0.1) is 11.5 Å². The minimum Gasteiger partial charge on any atom is -0.459 e. The molecule has 0 N–H and O–H groups in total. The predicted molar refractivity (Wildman–Crippen MR) is 127 cm³/mol. The SMILES string of the molecule is CC(C(=O)N1CCCC2(CCN(CC(=O)OCc3ccccc3)C(=O)CO2)C1)c1ccccc1. The van der Waals surface area contributed by atoms with Crippen LogP contribution in [0.3, 0.4) is 0 Å². The lowest BCUT2D eigenvalue weighted by Gasteiger charge is -2.42. The van der Waals surface area contributed by atoms with Gasteiger partial charge in [-0.3, -0.25) is 14.4 Å². The lowest BCUT2D eigenvalue weighted by molar-refractivity contribution is -0.153. The highest BCUT2D eigenvalue weighted by molar-refractivity contribution is 5.84. The molecule has 2 amide bonds. The van der Waals surface area contributed by atoms with Crippen molar-refractivity contribution in [2.24, 2.45) is 0 Å². The van der Waals surface area contributed by atoms with Crippen LogP contribution in [0, 0.1) is 0 Å². The molecule has 2 atom stereocenters. The van der Waals surface area contributed by atoms with Gasteiger partial charge in [-0.1, -0.05) is 60.7 Å². The number of ether oxygens (including phenoxy) is 2. The van der Waals surface area contributed by atoms with Gasteiger partial charge >= 0.3 is 5.97 Å². The molecule has 0 radical (unpaired) electrons. The highest BCUT2D eigenvalue weighted by Gasteiger charge is 2.42. The number of hydrogen-bond acceptors (Lipinski definition) is 5. The summed E-state index contributed by atoms with van der Waals surface area (Å²) in [6.45, 7) is 3.46. The molecule has 2 heterocycles. The first-order valence-electron chi connectivity index (χ1n) is 11.9. The van der Waals surface area contributed by atoms with Crippen molar-refractivity contribution in [1.29, 1.82) is 0 Å². The summed E-state index contributed by atoms with van der Waals surface area (Å²) in [6, 6.07) is 19.2. The second kappa shape index (κ2) is 10.8. The van der Waals surface area contributed by atoms with Crippen molar-refractivity contribution < 1.29 is 23.9 Å². The van der Waals surface area contributed by atoms with E-state index in [1.807, 2.05) is 72.5 Å². The van der Waals surface area contributed by atoms with Crippen LogP contribution in [0.15, 0.2) is 60.7 Å². The topological polar surface area (TPSA) is 76.2 Å². The maximum Gasteiger partial charge on any atom is 0.325 e. The van der Waals surface area contributed by atoms with Gasteiger partial charge in [-0.05, 0) is 37.3 Å². The van der Waals surface area contributed by atoms with Crippen molar-refractivity contribution in [2.75, 3.05) is 32.8 Å². The first-order valence-corrected chi connectivity index (χ1v) is 11.9. The van der Waals surface area contributed by atoms with Gasteiger partial charge in [0, 0.05) is 19.6 Å². The van der Waals surface area contributed by atoms with E-state index in [0.717, 1.165) is 24.0 Å². The van der Waals surface area contributed by atoms with E-state index in [9.17, 15) is 14.4 Å². The van der Waals surface area contributed by atoms with Crippen LogP contribution in [0.2, 0.25) is 0 Å². The van der Waals surface area contributed by atoms with Crippen molar-refractivity contribution in [1.82, 2.24) is 9.80 Å². The summed E-state index contributed by atoms with van der Waals surface area (Å²) in [4.78, 5) is 41.6. The highest BCUT2D eigenvalue weighted by Crippen LogP contribution is 2.32. The number of esters is 1. The summed E-state index contributed by atoms with van der Waals surface area (Å²) in [7, 11) is 0. The Kier molecular flexibility index (Phi) is 7.63. The minimum atomic E-state index is -0.567. The van der Waals surface area contributed by atoms with Gasteiger partial charge in [0.1, 0.15) is 19.8 Å². The third kappa shape index (κ3) is 5.83. The number of carbonyl (C=O) groups is 3. The molecule has 2 aliphatic rings. The molecule has 0 saturated carbocycles. The molecule has 4 rings (SSSR count). The third-order valence-electron chi connectivity index (χ3n) is 6.78. The average Bonchev–Trinajstić information content (AvgIpc) is 3.02. The molecule has 2 aromatic rings. The summed E-state index contributed by atoms with van der Waals surface area (Å²) in [5.41, 5.74) is 1.32. The molecule has 2 saturated heterocycles. The molecule has 0 aromatic heterocycles. The molecular weight excluding hydrogens is 432 g/mol. The van der Waals surface area contributed by atoms with Gasteiger partial charge < -0.3 is 19.3 Å². The van der Waals surface area contributed by atoms with Crippen LogP contribution < -0.4 is 0 Å². The Balaban J connectivity index is 1.33. The van der Waals surface area contributed by atoms with Crippen LogP contribution >= 0.6 is 0 Å². The Morgan fingerprint density at radius 3 is 2.47 bits per heavy atom. The Hall–Kier alpha value is -3.19. The number of nitrogens with zero attached hydrogens (tertiary/aromatic N) is 2. The lowest BCUT2D eigenvalue weighted by atomic mass is 9.88. The largest absolute Gasteiger partial charge is 0.459 e. The predicted octanol–water partition coefficient (Wildman–Crippen LogP) is 3.14. The van der Waals surface area contributed by atoms with Crippen molar-refractivity contribution >= 4 is 17.8 Å². The van der Waals surface area contributed by atoms with Crippen LogP contribution in [0.5, 0.6) is 0 Å². The summed E-state index contributed by atoms with van der Waals surface area (Å²) in [6.07, 6.45) is 2.19. The number of hydrogen-bond donors (Lipinski definition) is 0. The molecule has 7 nitrogen and oxygen atoms in total. The maximum atomic E-state index is 13.2. The standard InChI is InChI=1S/C27H32N2O5/c1-21(23-11-6-3-7-12-23)26(32)29-15-8-13-27(20-29)14-16-28(24(30)19-34-27)17-25(31)33-18-22-9-4-2-5-10-22/h2-7,9-12,21H,8,13-20H2,1H3. The minimum absolute atomic E-state index is 0.0748. The zero-order valence-corrected chi connectivity index (χ0v) is 19.7. The van der Waals surface area contributed by atoms with Gasteiger partial charge in [0.2, 0.25) is 11.8 Å². The van der Waals surface area contributed by atoms with Gasteiger partial charge in [-0.2, -0.15) is 0 Å². The molecule has 1 spiro atoms. The number of carbonyl (C=O) groups excluding carboxylic acids is 3. The molecule has 0 aliphatic carbocycles. The second-order valence-corrected chi connectivity index (χ2v) is 9.18. The molecular formula is C27H32N2O5. The fourth-order valence-corrected chi connectivity index (χ4v) is 4.71. The van der Waals surface area contributed by atoms with Crippen molar-refractivity contribution in [3.63, 3.8) is 0 Å². The van der Waals surface area contributed by atoms with E-state index in [2.05, 4.69) is 0 Å². The van der Waals surface area contributed by atoms with Gasteiger partial charge in [0.15, 0.2) is 0 Å². The molecule has 34 heavy (non-hydrogen) atoms. The molecule has 7 heteroatoms. The van der Waals surface area contributed by atoms with Crippen LogP contribution in [-0.4, -0.2) is 66.0 Å². The third-order valence-corrected chi connectivity index (χ3v) is 6.78. The summed E-state index contributed by atoms with van der Waals surface area (Å²) in [5, 5.41) is 0. The van der Waals surface area contributed by atoms with E-state index in [1.54, 1.807) is 0 Å². The van der Waals surface area contributed by atoms with Crippen molar-refractivity contribution in [3.8, 4) is 0 Å². The molecule has 2 fully saturated rings. The zero-order chi connectivity index (χ0) is 24.0. The van der Waals surface area contributed by atoms with Crippen LogP contribution in [0.4, 0.5) is 0 Å². The summed E-state index contributed by atoms with van der Waals surface area (Å²) >= 11 is 0. The number of rotatable bonds is 6. The van der Waals surface area contributed by atoms with E-state index in [-0.39, 0.29) is 37.5 Å². The first kappa shape index (κ1) is 24.0. The number of piperidine rings is 1. The van der Waals surface area contributed by atoms with E-state index < -0.39 is 11.6 Å². The smallest absolute Gasteiger partial charge is 0.325 e. The molecule has 2 aromatic carbocycles. The quantitative estimate of drug-likeness (QED) is 0.614. The number of amides is 2. The fraction of sp³-hybridized carbons (Fsp3) is 0.444. The number of likely N-dealkylation sites (tertiary alicyclic amines) is 1. The van der Waals surface area contributed by atoms with Gasteiger partial charge in [-0.25, -0.2) is 0 Å². The molecule has 180 valence electrons. The lowest BCUT2D eigenvalue weighted by Crippen LogP contribution is -2.53. The van der Waals surface area contributed by atoms with Crippen molar-refractivity contribution in [3.05, 3.63) is 71.8 Å². The molecule has 0 bridgehead atoms. The van der Waals surface area contributed by atoms with Gasteiger partial charge in [0.25, 0.3) is 0 Å². The van der Waals surface area contributed by atoms with Crippen molar-refractivity contribution in [2.45, 2.75) is 44.3 Å². The molecule has 2 aliphatic heterocycles. The van der Waals surface area contributed by atoms with E-state index in [1.165, 1.54) is 4.90 Å². The Labute approximate surface area is 200 Å². The summed E-state index contributed by atoms with van der Waals surface area (Å²) < 4.78 is 11.5. The van der Waals surface area contributed by atoms with Gasteiger partial charge in [-0.15, -0.1) is 0 Å². The Morgan fingerprint density at radius 2 is 1.74 bits per heavy atom. The summed E-state index contributed by atoms with van der Waals surface area (Å²) in [5.74, 6) is -0.828. The fourth-order valence-electron chi connectivity index (χ4n) is 4.71. The molecule has 2 unspecified atom stereocenters. The second-order valence-electron chi connectivity index (χ2n) is 9.18. The normalized spacial score (nSPS) is 21.7. The first-order chi connectivity index (χ1) is 16.5. The monoisotopic (exact) mass is 464 g/mol. The maximum absolute atomic E-state index is 13.2. The average molecular weight is 465 g/mol. The van der Waals surface area contributed by atoms with E-state index in [4.69, 9.17) is 9.47 Å². The van der Waals surface area contributed by atoms with Crippen LogP contribution in [0.25, 0.3) is 0 Å². The van der Waals surface area contributed by atoms with Crippen LogP contribution in [-0.2, 0) is 30.5 Å². The van der Waals surface area contributed by atoms with Crippen LogP contribution in [0.1, 0.15) is 43.2 Å². The Morgan fingerprint density at radius 1 is 1.03 bits per heavy atom.